The number of hydrogen-bond donors (Lipinski definition) is 8. The van der Waals surface area contributed by atoms with E-state index < -0.39 is 54.0 Å². The van der Waals surface area contributed by atoms with Gasteiger partial charge in [0.15, 0.2) is 0 Å². The smallest absolute Gasteiger partial charge is 0.327 e. The second-order valence-corrected chi connectivity index (χ2v) is 6.79. The molecule has 1 aromatic rings. The number of aromatic amines is 1. The zero-order valence-corrected chi connectivity index (χ0v) is 16.8. The number of carbonyl (C=O) groups excluding carboxylic acids is 3. The number of aliphatic carboxylic acids is 1. The molecule has 12 nitrogen and oxygen atoms in total. The first-order chi connectivity index (χ1) is 13.6. The fourth-order valence-corrected chi connectivity index (χ4v) is 2.42. The minimum atomic E-state index is -1.26. The molecule has 1 heterocycles. The monoisotopic (exact) mass is 430 g/mol. The standard InChI is InChI=1S/C16H26N6O6S/c1-7(13(24)22-11(5-29)16(27)28)20-14(25)10(3-9-4-18-6-19-9)21-15(26)12(17)8(2)23/h4,6-8,10-12,23,29H,3,5,17H2,1-2H3,(H,18,19)(H,20,25)(H,21,26)(H,22,24)(H,27,28). The summed E-state index contributed by atoms with van der Waals surface area (Å²) in [5.74, 6) is -3.57. The van der Waals surface area contributed by atoms with Crippen LogP contribution in [0.25, 0.3) is 0 Å². The summed E-state index contributed by atoms with van der Waals surface area (Å²) in [6.07, 6.45) is 1.74. The van der Waals surface area contributed by atoms with Crippen molar-refractivity contribution in [3.8, 4) is 0 Å². The van der Waals surface area contributed by atoms with Crippen molar-refractivity contribution in [3.63, 3.8) is 0 Å². The van der Waals surface area contributed by atoms with Gasteiger partial charge in [0.1, 0.15) is 24.2 Å². The molecule has 0 saturated heterocycles. The highest BCUT2D eigenvalue weighted by Gasteiger charge is 2.29. The second-order valence-electron chi connectivity index (χ2n) is 6.42. The fraction of sp³-hybridized carbons (Fsp3) is 0.562. The van der Waals surface area contributed by atoms with Gasteiger partial charge in [-0.2, -0.15) is 12.6 Å². The maximum absolute atomic E-state index is 12.6. The quantitative estimate of drug-likeness (QED) is 0.171. The van der Waals surface area contributed by atoms with Gasteiger partial charge in [0.25, 0.3) is 0 Å². The van der Waals surface area contributed by atoms with E-state index in [9.17, 15) is 24.3 Å². The molecule has 13 heteroatoms. The van der Waals surface area contributed by atoms with Crippen molar-refractivity contribution < 1.29 is 29.4 Å². The minimum Gasteiger partial charge on any atom is -0.480 e. The van der Waals surface area contributed by atoms with Crippen LogP contribution in [0.3, 0.4) is 0 Å². The topological polar surface area (TPSA) is 200 Å². The van der Waals surface area contributed by atoms with Crippen molar-refractivity contribution in [1.82, 2.24) is 25.9 Å². The van der Waals surface area contributed by atoms with E-state index >= 15 is 0 Å². The molecule has 8 N–H and O–H groups in total. The van der Waals surface area contributed by atoms with Crippen LogP contribution in [0, 0.1) is 0 Å². The number of carbonyl (C=O) groups is 4. The molecule has 0 bridgehead atoms. The van der Waals surface area contributed by atoms with Crippen molar-refractivity contribution in [2.24, 2.45) is 5.73 Å². The molecule has 0 radical (unpaired) electrons. The first kappa shape index (κ1) is 24.4. The molecule has 0 spiro atoms. The molecular weight excluding hydrogens is 404 g/mol. The second kappa shape index (κ2) is 11.4. The van der Waals surface area contributed by atoms with Gasteiger partial charge in [0.05, 0.1) is 12.4 Å². The Bertz CT molecular complexity index is 713. The Morgan fingerprint density at radius 3 is 2.24 bits per heavy atom. The van der Waals surface area contributed by atoms with E-state index in [2.05, 4.69) is 38.5 Å². The van der Waals surface area contributed by atoms with Gasteiger partial charge >= 0.3 is 5.97 Å². The Kier molecular flexibility index (Phi) is 9.58. The zero-order chi connectivity index (χ0) is 22.1. The molecule has 5 unspecified atom stereocenters. The number of hydrogen-bond acceptors (Lipinski definition) is 8. The lowest BCUT2D eigenvalue weighted by Gasteiger charge is -2.23. The number of carboxylic acids is 1. The van der Waals surface area contributed by atoms with Crippen molar-refractivity contribution in [2.75, 3.05) is 5.75 Å². The number of carboxylic acid groups (broad SMARTS) is 1. The molecule has 29 heavy (non-hydrogen) atoms. The van der Waals surface area contributed by atoms with Crippen LogP contribution in [0.15, 0.2) is 12.5 Å². The first-order valence-electron chi connectivity index (χ1n) is 8.72. The van der Waals surface area contributed by atoms with E-state index in [1.165, 1.54) is 26.4 Å². The number of thiol groups is 1. The average Bonchev–Trinajstić information content (AvgIpc) is 3.17. The Labute approximate surface area is 172 Å². The van der Waals surface area contributed by atoms with Gasteiger partial charge < -0.3 is 36.9 Å². The minimum absolute atomic E-state index is 0.0207. The summed E-state index contributed by atoms with van der Waals surface area (Å²) in [5, 5.41) is 25.5. The van der Waals surface area contributed by atoms with Gasteiger partial charge in [0.2, 0.25) is 17.7 Å². The predicted octanol–water partition coefficient (Wildman–Crippen LogP) is -2.85. The summed E-state index contributed by atoms with van der Waals surface area (Å²) in [7, 11) is 0. The van der Waals surface area contributed by atoms with Gasteiger partial charge in [-0.1, -0.05) is 0 Å². The number of rotatable bonds is 11. The van der Waals surface area contributed by atoms with E-state index in [4.69, 9.17) is 10.8 Å². The Morgan fingerprint density at radius 2 is 1.76 bits per heavy atom. The molecule has 162 valence electrons. The molecule has 0 fully saturated rings. The van der Waals surface area contributed by atoms with Crippen molar-refractivity contribution in [2.45, 2.75) is 50.5 Å². The van der Waals surface area contributed by atoms with Crippen LogP contribution < -0.4 is 21.7 Å². The molecular formula is C16H26N6O6S. The first-order valence-corrected chi connectivity index (χ1v) is 9.35. The molecule has 1 rings (SSSR count). The van der Waals surface area contributed by atoms with Crippen LogP contribution in [0.1, 0.15) is 19.5 Å². The number of nitrogens with zero attached hydrogens (tertiary/aromatic N) is 1. The van der Waals surface area contributed by atoms with E-state index in [0.717, 1.165) is 0 Å². The highest BCUT2D eigenvalue weighted by molar-refractivity contribution is 7.80. The summed E-state index contributed by atoms with van der Waals surface area (Å²) in [6, 6.07) is -4.67. The third kappa shape index (κ3) is 7.71. The van der Waals surface area contributed by atoms with Gasteiger partial charge in [0, 0.05) is 24.1 Å². The molecule has 5 atom stereocenters. The van der Waals surface area contributed by atoms with E-state index in [1.54, 1.807) is 0 Å². The summed E-state index contributed by atoms with van der Waals surface area (Å²) in [4.78, 5) is 54.5. The number of aromatic nitrogens is 2. The number of amides is 3. The maximum Gasteiger partial charge on any atom is 0.327 e. The van der Waals surface area contributed by atoms with Crippen LogP contribution in [0.4, 0.5) is 0 Å². The molecule has 0 aromatic carbocycles. The molecule has 1 aromatic heterocycles. The molecule has 0 aliphatic rings. The lowest BCUT2D eigenvalue weighted by Crippen LogP contribution is -2.58. The number of imidazole rings is 1. The van der Waals surface area contributed by atoms with Gasteiger partial charge in [-0.3, -0.25) is 14.4 Å². The highest BCUT2D eigenvalue weighted by atomic mass is 32.1. The van der Waals surface area contributed by atoms with Crippen LogP contribution in [-0.2, 0) is 25.6 Å². The number of nitrogens with two attached hydrogens (primary N) is 1. The fourth-order valence-electron chi connectivity index (χ4n) is 2.17. The molecule has 3 amide bonds. The summed E-state index contributed by atoms with van der Waals surface area (Å²) < 4.78 is 0. The SMILES string of the molecule is CC(NC(=O)C(Cc1cnc[nH]1)NC(=O)C(N)C(C)O)C(=O)NC(CS)C(=O)O. The van der Waals surface area contributed by atoms with Crippen LogP contribution in [-0.4, -0.2) is 79.9 Å². The number of aliphatic hydroxyl groups excluding tert-OH is 1. The highest BCUT2D eigenvalue weighted by Crippen LogP contribution is 2.02. The largest absolute Gasteiger partial charge is 0.480 e. The summed E-state index contributed by atoms with van der Waals surface area (Å²) >= 11 is 3.85. The van der Waals surface area contributed by atoms with E-state index in [-0.39, 0.29) is 12.2 Å². The van der Waals surface area contributed by atoms with Crippen molar-refractivity contribution >= 4 is 36.3 Å². The van der Waals surface area contributed by atoms with Crippen LogP contribution >= 0.6 is 12.6 Å². The van der Waals surface area contributed by atoms with Gasteiger partial charge in [-0.15, -0.1) is 0 Å². The average molecular weight is 430 g/mol. The molecule has 0 aliphatic carbocycles. The third-order valence-electron chi connectivity index (χ3n) is 3.98. The number of H-pyrrole nitrogens is 1. The van der Waals surface area contributed by atoms with Crippen LogP contribution in [0.2, 0.25) is 0 Å². The van der Waals surface area contributed by atoms with E-state index in [1.807, 2.05) is 0 Å². The summed E-state index contributed by atoms with van der Waals surface area (Å²) in [6.45, 7) is 2.70. The van der Waals surface area contributed by atoms with Gasteiger partial charge in [-0.05, 0) is 13.8 Å². The zero-order valence-electron chi connectivity index (χ0n) is 16.0. The molecule has 0 aliphatic heterocycles. The Morgan fingerprint density at radius 1 is 1.14 bits per heavy atom. The third-order valence-corrected chi connectivity index (χ3v) is 4.35. The predicted molar refractivity (Wildman–Crippen MR) is 105 cm³/mol. The molecule has 0 saturated carbocycles. The van der Waals surface area contributed by atoms with Crippen molar-refractivity contribution in [3.05, 3.63) is 18.2 Å². The van der Waals surface area contributed by atoms with Gasteiger partial charge in [-0.25, -0.2) is 9.78 Å². The van der Waals surface area contributed by atoms with Crippen molar-refractivity contribution in [1.29, 1.82) is 0 Å². The van der Waals surface area contributed by atoms with Crippen LogP contribution in [0.5, 0.6) is 0 Å². The Balaban J connectivity index is 2.83. The maximum atomic E-state index is 12.6. The lowest BCUT2D eigenvalue weighted by molar-refractivity contribution is -0.141. The Hall–Kier alpha value is -2.64. The van der Waals surface area contributed by atoms with E-state index in [0.29, 0.717) is 5.69 Å². The number of aliphatic hydroxyl groups is 1. The normalized spacial score (nSPS) is 16.0. The lowest BCUT2D eigenvalue weighted by atomic mass is 10.1. The summed E-state index contributed by atoms with van der Waals surface area (Å²) in [5.41, 5.74) is 6.13. The number of nitrogens with one attached hydrogen (secondary N) is 4.